The molecule has 0 amide bonds. The highest BCUT2D eigenvalue weighted by Crippen LogP contribution is 2.08. The van der Waals surface area contributed by atoms with Gasteiger partial charge < -0.3 is 5.21 Å². The van der Waals surface area contributed by atoms with E-state index in [4.69, 9.17) is 0 Å². The lowest BCUT2D eigenvalue weighted by Gasteiger charge is -2.06. The van der Waals surface area contributed by atoms with E-state index in [1.54, 1.807) is 0 Å². The highest BCUT2D eigenvalue weighted by molar-refractivity contribution is 7.80. The number of thiol groups is 1. The topological polar surface area (TPSA) is 26.9 Å². The van der Waals surface area contributed by atoms with E-state index in [0.717, 1.165) is 28.8 Å². The number of rotatable bonds is 2. The van der Waals surface area contributed by atoms with Gasteiger partial charge in [0.2, 0.25) is 0 Å². The zero-order chi connectivity index (χ0) is 9.14. The number of hydrogen-bond donors (Lipinski definition) is 1. The molecule has 0 aromatic carbocycles. The summed E-state index contributed by atoms with van der Waals surface area (Å²) < 4.78 is 0.905. The summed E-state index contributed by atoms with van der Waals surface area (Å²) in [5.74, 6) is 0. The lowest BCUT2D eigenvalue weighted by molar-refractivity contribution is -0.653. The SMILES string of the molecule is CCCc1ccc(C)c(S)[n+]1[O-]. The summed E-state index contributed by atoms with van der Waals surface area (Å²) in [6, 6.07) is 3.80. The average Bonchev–Trinajstić information content (AvgIpc) is 2.07. The Labute approximate surface area is 78.2 Å². The molecule has 0 aliphatic heterocycles. The van der Waals surface area contributed by atoms with E-state index in [-0.39, 0.29) is 0 Å². The van der Waals surface area contributed by atoms with Crippen LogP contribution in [-0.4, -0.2) is 0 Å². The fourth-order valence-corrected chi connectivity index (χ4v) is 1.30. The van der Waals surface area contributed by atoms with Gasteiger partial charge in [-0.1, -0.05) is 19.6 Å². The maximum absolute atomic E-state index is 11.4. The summed E-state index contributed by atoms with van der Waals surface area (Å²) in [4.78, 5) is 0. The number of pyridine rings is 1. The third-order valence-electron chi connectivity index (χ3n) is 1.84. The molecular formula is C9H13NOS. The van der Waals surface area contributed by atoms with Crippen LogP contribution in [0.15, 0.2) is 17.2 Å². The van der Waals surface area contributed by atoms with Crippen LogP contribution in [0.1, 0.15) is 24.6 Å². The molecule has 66 valence electrons. The van der Waals surface area contributed by atoms with Gasteiger partial charge in [-0.05, 0) is 19.4 Å². The van der Waals surface area contributed by atoms with E-state index < -0.39 is 0 Å². The average molecular weight is 183 g/mol. The molecule has 3 heteroatoms. The Kier molecular flexibility index (Phi) is 2.98. The quantitative estimate of drug-likeness (QED) is 0.423. The van der Waals surface area contributed by atoms with Crippen LogP contribution in [0, 0.1) is 12.1 Å². The summed E-state index contributed by atoms with van der Waals surface area (Å²) in [5.41, 5.74) is 1.72. The molecule has 1 rings (SSSR count). The largest absolute Gasteiger partial charge is 0.618 e. The number of aromatic nitrogens is 1. The summed E-state index contributed by atoms with van der Waals surface area (Å²) in [6.45, 7) is 3.94. The normalized spacial score (nSPS) is 10.2. The van der Waals surface area contributed by atoms with Gasteiger partial charge in [0.15, 0.2) is 5.69 Å². The van der Waals surface area contributed by atoms with Gasteiger partial charge in [0.25, 0.3) is 5.03 Å². The molecule has 1 aromatic rings. The fourth-order valence-electron chi connectivity index (χ4n) is 1.10. The van der Waals surface area contributed by atoms with Crippen molar-refractivity contribution in [3.8, 4) is 0 Å². The van der Waals surface area contributed by atoms with E-state index in [0.29, 0.717) is 5.03 Å². The van der Waals surface area contributed by atoms with E-state index in [9.17, 15) is 5.21 Å². The Morgan fingerprint density at radius 3 is 2.75 bits per heavy atom. The summed E-state index contributed by atoms with van der Waals surface area (Å²) in [7, 11) is 0. The number of aryl methyl sites for hydroxylation is 2. The second-order valence-electron chi connectivity index (χ2n) is 2.88. The number of hydrogen-bond acceptors (Lipinski definition) is 2. The van der Waals surface area contributed by atoms with Crippen molar-refractivity contribution in [1.29, 1.82) is 0 Å². The molecule has 0 N–H and O–H groups in total. The van der Waals surface area contributed by atoms with E-state index in [2.05, 4.69) is 19.6 Å². The lowest BCUT2D eigenvalue weighted by atomic mass is 10.2. The molecule has 0 radical (unpaired) electrons. The summed E-state index contributed by atoms with van der Waals surface area (Å²) in [6.07, 6.45) is 1.80. The molecule has 0 fully saturated rings. The van der Waals surface area contributed by atoms with Crippen molar-refractivity contribution >= 4 is 12.6 Å². The molecule has 0 atom stereocenters. The van der Waals surface area contributed by atoms with Crippen molar-refractivity contribution in [2.45, 2.75) is 31.7 Å². The molecule has 0 bridgehead atoms. The highest BCUT2D eigenvalue weighted by atomic mass is 32.1. The van der Waals surface area contributed by atoms with Crippen LogP contribution < -0.4 is 4.73 Å². The van der Waals surface area contributed by atoms with Crippen molar-refractivity contribution in [1.82, 2.24) is 0 Å². The van der Waals surface area contributed by atoms with Crippen molar-refractivity contribution in [3.63, 3.8) is 0 Å². The molecule has 0 unspecified atom stereocenters. The van der Waals surface area contributed by atoms with Crippen molar-refractivity contribution < 1.29 is 4.73 Å². The maximum Gasteiger partial charge on any atom is 0.251 e. The first-order chi connectivity index (χ1) is 5.66. The Hall–Kier alpha value is -0.700. The summed E-state index contributed by atoms with van der Waals surface area (Å²) >= 11 is 4.12. The zero-order valence-electron chi connectivity index (χ0n) is 7.37. The third-order valence-corrected chi connectivity index (χ3v) is 2.37. The number of nitrogens with zero attached hydrogens (tertiary/aromatic N) is 1. The molecule has 0 aliphatic carbocycles. The minimum atomic E-state index is 0.515. The minimum Gasteiger partial charge on any atom is -0.618 e. The van der Waals surface area contributed by atoms with Gasteiger partial charge in [-0.25, -0.2) is 0 Å². The first kappa shape index (κ1) is 9.39. The maximum atomic E-state index is 11.4. The van der Waals surface area contributed by atoms with Crippen LogP contribution in [0.4, 0.5) is 0 Å². The van der Waals surface area contributed by atoms with Gasteiger partial charge in [-0.3, -0.25) is 0 Å². The van der Waals surface area contributed by atoms with Gasteiger partial charge >= 0.3 is 0 Å². The Morgan fingerprint density at radius 1 is 1.50 bits per heavy atom. The third kappa shape index (κ3) is 1.72. The molecule has 12 heavy (non-hydrogen) atoms. The smallest absolute Gasteiger partial charge is 0.251 e. The van der Waals surface area contributed by atoms with Crippen LogP contribution >= 0.6 is 12.6 Å². The van der Waals surface area contributed by atoms with Gasteiger partial charge in [0.1, 0.15) is 0 Å². The minimum absolute atomic E-state index is 0.515. The Bertz CT molecular complexity index is 286. The predicted molar refractivity (Wildman–Crippen MR) is 51.4 cm³/mol. The molecule has 0 spiro atoms. The van der Waals surface area contributed by atoms with Gasteiger partial charge in [0.05, 0.1) is 0 Å². The monoisotopic (exact) mass is 183 g/mol. The Balaban J connectivity index is 3.08. The van der Waals surface area contributed by atoms with Gasteiger partial charge in [-0.2, -0.15) is 4.73 Å². The van der Waals surface area contributed by atoms with Crippen LogP contribution in [0.3, 0.4) is 0 Å². The molecule has 1 aromatic heterocycles. The molecule has 0 aliphatic rings. The van der Waals surface area contributed by atoms with Crippen LogP contribution in [0.25, 0.3) is 0 Å². The molecule has 0 saturated carbocycles. The Morgan fingerprint density at radius 2 is 2.17 bits per heavy atom. The molecular weight excluding hydrogens is 170 g/mol. The van der Waals surface area contributed by atoms with E-state index >= 15 is 0 Å². The second kappa shape index (κ2) is 3.81. The first-order valence-electron chi connectivity index (χ1n) is 4.07. The van der Waals surface area contributed by atoms with E-state index in [1.165, 1.54) is 0 Å². The second-order valence-corrected chi connectivity index (χ2v) is 3.30. The molecule has 1 heterocycles. The van der Waals surface area contributed by atoms with Gasteiger partial charge in [0, 0.05) is 18.1 Å². The summed E-state index contributed by atoms with van der Waals surface area (Å²) in [5, 5.41) is 11.9. The van der Waals surface area contributed by atoms with E-state index in [1.807, 2.05) is 19.1 Å². The van der Waals surface area contributed by atoms with Gasteiger partial charge in [-0.15, -0.1) is 0 Å². The highest BCUT2D eigenvalue weighted by Gasteiger charge is 2.09. The molecule has 0 saturated heterocycles. The first-order valence-corrected chi connectivity index (χ1v) is 4.52. The predicted octanol–water partition coefficient (Wildman–Crippen LogP) is 1.87. The van der Waals surface area contributed by atoms with Crippen molar-refractivity contribution in [2.75, 3.05) is 0 Å². The van der Waals surface area contributed by atoms with Crippen LogP contribution in [0.2, 0.25) is 0 Å². The van der Waals surface area contributed by atoms with Crippen molar-refractivity contribution in [3.05, 3.63) is 28.6 Å². The van der Waals surface area contributed by atoms with Crippen LogP contribution in [0.5, 0.6) is 0 Å². The molecule has 2 nitrogen and oxygen atoms in total. The zero-order valence-corrected chi connectivity index (χ0v) is 8.27. The standard InChI is InChI=1S/C9H13NOS/c1-3-4-8-6-5-7(2)9(12)10(8)11/h5-6,12H,3-4H2,1-2H3. The fraction of sp³-hybridized carbons (Fsp3) is 0.444. The van der Waals surface area contributed by atoms with Crippen LogP contribution in [-0.2, 0) is 6.42 Å². The lowest BCUT2D eigenvalue weighted by Crippen LogP contribution is -2.34. The van der Waals surface area contributed by atoms with Crippen molar-refractivity contribution in [2.24, 2.45) is 0 Å².